The molecule has 0 spiro atoms. The Balaban J connectivity index is 1.42. The van der Waals surface area contributed by atoms with E-state index < -0.39 is 17.2 Å². The van der Waals surface area contributed by atoms with E-state index in [1.165, 1.54) is 6.07 Å². The van der Waals surface area contributed by atoms with Crippen LogP contribution in [0.2, 0.25) is 0 Å². The molecular weight excluding hydrogens is 363 g/mol. The van der Waals surface area contributed by atoms with Crippen molar-refractivity contribution in [2.45, 2.75) is 18.4 Å². The van der Waals surface area contributed by atoms with Crippen molar-refractivity contribution >= 4 is 11.8 Å². The maximum Gasteiger partial charge on any atom is 0.254 e. The van der Waals surface area contributed by atoms with Crippen molar-refractivity contribution in [2.75, 3.05) is 26.2 Å². The standard InChI is InChI=1S/C21H21FN2O4/c22-18-16(2-1-3-17(18)25)14-4-6-15(7-5-14)19(26)23-10-12-24(13-11-23)20(27)21(28)8-9-21/h1-7,25,28H,8-13H2. The highest BCUT2D eigenvalue weighted by atomic mass is 19.1. The second-order valence-electron chi connectivity index (χ2n) is 7.33. The summed E-state index contributed by atoms with van der Waals surface area (Å²) in [7, 11) is 0. The van der Waals surface area contributed by atoms with E-state index in [1.807, 2.05) is 0 Å². The molecule has 6 nitrogen and oxygen atoms in total. The van der Waals surface area contributed by atoms with Gasteiger partial charge in [-0.2, -0.15) is 0 Å². The predicted octanol–water partition coefficient (Wildman–Crippen LogP) is 2.01. The number of phenols is 1. The molecule has 1 aliphatic carbocycles. The quantitative estimate of drug-likeness (QED) is 0.848. The average molecular weight is 384 g/mol. The number of rotatable bonds is 3. The first kappa shape index (κ1) is 18.4. The van der Waals surface area contributed by atoms with Gasteiger partial charge < -0.3 is 20.0 Å². The van der Waals surface area contributed by atoms with Gasteiger partial charge in [0, 0.05) is 37.3 Å². The molecule has 2 amide bonds. The molecule has 0 aromatic heterocycles. The fraction of sp³-hybridized carbons (Fsp3) is 0.333. The van der Waals surface area contributed by atoms with Crippen LogP contribution in [0.25, 0.3) is 11.1 Å². The van der Waals surface area contributed by atoms with Crippen LogP contribution in [0.3, 0.4) is 0 Å². The summed E-state index contributed by atoms with van der Waals surface area (Å²) in [6, 6.07) is 11.0. The maximum absolute atomic E-state index is 14.1. The van der Waals surface area contributed by atoms with Gasteiger partial charge in [0.05, 0.1) is 0 Å². The molecule has 2 aliphatic rings. The number of aliphatic hydroxyl groups is 1. The van der Waals surface area contributed by atoms with E-state index >= 15 is 0 Å². The van der Waals surface area contributed by atoms with E-state index in [0.29, 0.717) is 50.1 Å². The fourth-order valence-corrected chi connectivity index (χ4v) is 3.46. The molecule has 1 saturated heterocycles. The Morgan fingerprint density at radius 3 is 2.14 bits per heavy atom. The fourth-order valence-electron chi connectivity index (χ4n) is 3.46. The first-order valence-corrected chi connectivity index (χ1v) is 9.28. The number of carbonyl (C=O) groups is 2. The highest BCUT2D eigenvalue weighted by Gasteiger charge is 2.50. The molecule has 7 heteroatoms. The number of carbonyl (C=O) groups excluding carboxylic acids is 2. The molecular formula is C21H21FN2O4. The minimum atomic E-state index is -1.18. The van der Waals surface area contributed by atoms with Gasteiger partial charge in [0.15, 0.2) is 11.6 Å². The Bertz CT molecular complexity index is 917. The molecule has 146 valence electrons. The van der Waals surface area contributed by atoms with Gasteiger partial charge in [-0.25, -0.2) is 4.39 Å². The summed E-state index contributed by atoms with van der Waals surface area (Å²) in [6.45, 7) is 1.62. The Kier molecular flexibility index (Phi) is 4.55. The van der Waals surface area contributed by atoms with Crippen LogP contribution in [-0.4, -0.2) is 63.6 Å². The summed E-state index contributed by atoms with van der Waals surface area (Å²) in [5.41, 5.74) is 0.135. The summed E-state index contributed by atoms with van der Waals surface area (Å²) in [6.07, 6.45) is 1.02. The molecule has 2 aromatic rings. The zero-order valence-electron chi connectivity index (χ0n) is 15.3. The van der Waals surface area contributed by atoms with Gasteiger partial charge in [-0.15, -0.1) is 0 Å². The van der Waals surface area contributed by atoms with Crippen LogP contribution in [0.1, 0.15) is 23.2 Å². The minimum absolute atomic E-state index is 0.153. The van der Waals surface area contributed by atoms with Crippen LogP contribution >= 0.6 is 0 Å². The van der Waals surface area contributed by atoms with Crippen molar-refractivity contribution in [1.82, 2.24) is 9.80 Å². The Hall–Kier alpha value is -2.93. The number of aromatic hydroxyl groups is 1. The third-order valence-corrected chi connectivity index (χ3v) is 5.40. The van der Waals surface area contributed by atoms with Crippen molar-refractivity contribution in [3.63, 3.8) is 0 Å². The first-order valence-electron chi connectivity index (χ1n) is 9.28. The second-order valence-corrected chi connectivity index (χ2v) is 7.33. The summed E-state index contributed by atoms with van der Waals surface area (Å²) >= 11 is 0. The van der Waals surface area contributed by atoms with E-state index in [-0.39, 0.29) is 17.4 Å². The van der Waals surface area contributed by atoms with Gasteiger partial charge in [-0.05, 0) is 36.6 Å². The lowest BCUT2D eigenvalue weighted by atomic mass is 10.0. The highest BCUT2D eigenvalue weighted by molar-refractivity contribution is 5.95. The van der Waals surface area contributed by atoms with Gasteiger partial charge in [0.2, 0.25) is 0 Å². The third kappa shape index (κ3) is 3.33. The van der Waals surface area contributed by atoms with Gasteiger partial charge >= 0.3 is 0 Å². The van der Waals surface area contributed by atoms with E-state index in [1.54, 1.807) is 46.2 Å². The lowest BCUT2D eigenvalue weighted by molar-refractivity contribution is -0.143. The number of halogens is 1. The molecule has 2 aromatic carbocycles. The van der Waals surface area contributed by atoms with Crippen LogP contribution in [0, 0.1) is 5.82 Å². The van der Waals surface area contributed by atoms with Crippen LogP contribution in [0.4, 0.5) is 4.39 Å². The smallest absolute Gasteiger partial charge is 0.254 e. The van der Waals surface area contributed by atoms with Crippen LogP contribution in [-0.2, 0) is 4.79 Å². The Labute approximate surface area is 161 Å². The van der Waals surface area contributed by atoms with E-state index in [0.717, 1.165) is 0 Å². The number of piperazine rings is 1. The lowest BCUT2D eigenvalue weighted by Gasteiger charge is -2.35. The topological polar surface area (TPSA) is 81.1 Å². The van der Waals surface area contributed by atoms with Crippen molar-refractivity contribution in [1.29, 1.82) is 0 Å². The number of hydrogen-bond acceptors (Lipinski definition) is 4. The summed E-state index contributed by atoms with van der Waals surface area (Å²) < 4.78 is 14.1. The number of nitrogens with zero attached hydrogens (tertiary/aromatic N) is 2. The highest BCUT2D eigenvalue weighted by Crippen LogP contribution is 2.37. The van der Waals surface area contributed by atoms with Crippen molar-refractivity contribution in [3.05, 3.63) is 53.8 Å². The van der Waals surface area contributed by atoms with Gasteiger partial charge in [0.1, 0.15) is 5.60 Å². The van der Waals surface area contributed by atoms with Crippen molar-refractivity contribution in [3.8, 4) is 16.9 Å². The normalized spacial score (nSPS) is 18.1. The zero-order valence-corrected chi connectivity index (χ0v) is 15.3. The molecule has 28 heavy (non-hydrogen) atoms. The van der Waals surface area contributed by atoms with Crippen LogP contribution in [0.15, 0.2) is 42.5 Å². The third-order valence-electron chi connectivity index (χ3n) is 5.40. The van der Waals surface area contributed by atoms with Gasteiger partial charge in [-0.1, -0.05) is 24.3 Å². The first-order chi connectivity index (χ1) is 13.4. The van der Waals surface area contributed by atoms with Crippen LogP contribution in [0.5, 0.6) is 5.75 Å². The zero-order chi connectivity index (χ0) is 19.9. The Morgan fingerprint density at radius 1 is 0.929 bits per heavy atom. The van der Waals surface area contributed by atoms with Gasteiger partial charge in [-0.3, -0.25) is 9.59 Å². The Morgan fingerprint density at radius 2 is 1.54 bits per heavy atom. The molecule has 2 fully saturated rings. The molecule has 1 aliphatic heterocycles. The molecule has 1 saturated carbocycles. The lowest BCUT2D eigenvalue weighted by Crippen LogP contribution is -2.53. The number of benzene rings is 2. The SMILES string of the molecule is O=C(c1ccc(-c2cccc(O)c2F)cc1)N1CCN(C(=O)C2(O)CC2)CC1. The molecule has 2 N–H and O–H groups in total. The molecule has 0 atom stereocenters. The number of amides is 2. The predicted molar refractivity (Wildman–Crippen MR) is 100 cm³/mol. The molecule has 0 radical (unpaired) electrons. The largest absolute Gasteiger partial charge is 0.505 e. The average Bonchev–Trinajstić information content (AvgIpc) is 3.48. The monoisotopic (exact) mass is 384 g/mol. The van der Waals surface area contributed by atoms with E-state index in [9.17, 15) is 24.2 Å². The van der Waals surface area contributed by atoms with Crippen LogP contribution < -0.4 is 0 Å². The summed E-state index contributed by atoms with van der Waals surface area (Å²) in [5, 5.41) is 19.5. The molecule has 0 unspecified atom stereocenters. The molecule has 1 heterocycles. The summed E-state index contributed by atoms with van der Waals surface area (Å²) in [5.74, 6) is -1.50. The number of hydrogen-bond donors (Lipinski definition) is 2. The molecule has 4 rings (SSSR count). The van der Waals surface area contributed by atoms with Gasteiger partial charge in [0.25, 0.3) is 11.8 Å². The van der Waals surface area contributed by atoms with Crippen molar-refractivity contribution in [2.24, 2.45) is 0 Å². The van der Waals surface area contributed by atoms with Crippen molar-refractivity contribution < 1.29 is 24.2 Å². The summed E-state index contributed by atoms with van der Waals surface area (Å²) in [4.78, 5) is 28.2. The molecule has 0 bridgehead atoms. The van der Waals surface area contributed by atoms with E-state index in [2.05, 4.69) is 0 Å². The second kappa shape index (κ2) is 6.91. The maximum atomic E-state index is 14.1. The minimum Gasteiger partial charge on any atom is -0.505 e. The number of phenolic OH excluding ortho intramolecular Hbond substituents is 1. The van der Waals surface area contributed by atoms with E-state index in [4.69, 9.17) is 0 Å².